The van der Waals surface area contributed by atoms with E-state index in [9.17, 15) is 0 Å². The summed E-state index contributed by atoms with van der Waals surface area (Å²) in [5, 5.41) is 3.49. The van der Waals surface area contributed by atoms with Crippen LogP contribution in [0, 0.1) is 3.57 Å². The van der Waals surface area contributed by atoms with Gasteiger partial charge >= 0.3 is 0 Å². The summed E-state index contributed by atoms with van der Waals surface area (Å²) in [5.41, 5.74) is 2.52. The van der Waals surface area contributed by atoms with E-state index in [-0.39, 0.29) is 0 Å². The molecule has 0 fully saturated rings. The average Bonchev–Trinajstić information content (AvgIpc) is 2.38. The van der Waals surface area contributed by atoms with Gasteiger partial charge < -0.3 is 5.32 Å². The first kappa shape index (κ1) is 13.9. The highest BCUT2D eigenvalue weighted by molar-refractivity contribution is 14.1. The fourth-order valence-corrected chi connectivity index (χ4v) is 3.23. The van der Waals surface area contributed by atoms with E-state index in [0.717, 1.165) is 16.7 Å². The zero-order chi connectivity index (χ0) is 13.0. The molecule has 1 nitrogen and oxygen atoms in total. The van der Waals surface area contributed by atoms with Crippen molar-refractivity contribution in [3.05, 3.63) is 62.1 Å². The van der Waals surface area contributed by atoms with Crippen LogP contribution < -0.4 is 5.32 Å². The second-order valence-electron chi connectivity index (χ2n) is 4.32. The predicted molar refractivity (Wildman–Crippen MR) is 90.2 cm³/mol. The van der Waals surface area contributed by atoms with Gasteiger partial charge in [0.05, 0.1) is 0 Å². The van der Waals surface area contributed by atoms with E-state index in [1.165, 1.54) is 9.13 Å². The van der Waals surface area contributed by atoms with Gasteiger partial charge in [-0.05, 0) is 68.2 Å². The molecule has 0 bridgehead atoms. The molecule has 1 N–H and O–H groups in total. The van der Waals surface area contributed by atoms with Gasteiger partial charge in [-0.3, -0.25) is 0 Å². The molecule has 0 heterocycles. The van der Waals surface area contributed by atoms with Gasteiger partial charge in [0, 0.05) is 20.3 Å². The van der Waals surface area contributed by atoms with Gasteiger partial charge in [0.15, 0.2) is 0 Å². The molecule has 0 aliphatic rings. The Balaban J connectivity index is 1.99. The van der Waals surface area contributed by atoms with Gasteiger partial charge in [0.1, 0.15) is 0 Å². The summed E-state index contributed by atoms with van der Waals surface area (Å²) in [6.07, 6.45) is 0. The largest absolute Gasteiger partial charge is 0.384 e. The maximum atomic E-state index is 3.59. The van der Waals surface area contributed by atoms with Crippen LogP contribution in [0.2, 0.25) is 0 Å². The number of benzene rings is 2. The average molecular weight is 416 g/mol. The lowest BCUT2D eigenvalue weighted by Gasteiger charge is -2.15. The third-order valence-electron chi connectivity index (χ3n) is 2.90. The molecule has 0 aliphatic carbocycles. The smallest absolute Gasteiger partial charge is 0.0485 e. The van der Waals surface area contributed by atoms with Gasteiger partial charge in [-0.15, -0.1) is 0 Å². The highest BCUT2D eigenvalue weighted by atomic mass is 127. The van der Waals surface area contributed by atoms with Crippen LogP contribution >= 0.6 is 38.5 Å². The van der Waals surface area contributed by atoms with E-state index in [2.05, 4.69) is 99.3 Å². The normalized spacial score (nSPS) is 12.2. The van der Waals surface area contributed by atoms with Crippen molar-refractivity contribution in [1.29, 1.82) is 0 Å². The van der Waals surface area contributed by atoms with Crippen LogP contribution in [-0.4, -0.2) is 6.54 Å². The molecule has 2 rings (SSSR count). The first-order chi connectivity index (χ1) is 8.66. The third-order valence-corrected chi connectivity index (χ3v) is 4.23. The van der Waals surface area contributed by atoms with E-state index >= 15 is 0 Å². The molecule has 0 amide bonds. The number of nitrogens with one attached hydrogen (secondary N) is 1. The molecular weight excluding hydrogens is 401 g/mol. The fourth-order valence-electron chi connectivity index (χ4n) is 1.80. The highest BCUT2D eigenvalue weighted by Gasteiger charge is 2.06. The predicted octanol–water partition coefficient (Wildman–Crippen LogP) is 5.27. The summed E-state index contributed by atoms with van der Waals surface area (Å²) < 4.78 is 2.36. The first-order valence-electron chi connectivity index (χ1n) is 5.90. The molecule has 0 saturated carbocycles. The lowest BCUT2D eigenvalue weighted by molar-refractivity contribution is 0.804. The van der Waals surface area contributed by atoms with Crippen LogP contribution in [0.4, 0.5) is 5.69 Å². The molecule has 1 unspecified atom stereocenters. The lowest BCUT2D eigenvalue weighted by atomic mass is 10.0. The number of rotatable bonds is 4. The van der Waals surface area contributed by atoms with Gasteiger partial charge in [-0.25, -0.2) is 0 Å². The molecule has 2 aromatic carbocycles. The Morgan fingerprint density at radius 2 is 1.89 bits per heavy atom. The molecule has 94 valence electrons. The minimum atomic E-state index is 0.498. The van der Waals surface area contributed by atoms with E-state index in [1.54, 1.807) is 0 Å². The van der Waals surface area contributed by atoms with Crippen LogP contribution in [0.15, 0.2) is 53.0 Å². The van der Waals surface area contributed by atoms with Gasteiger partial charge in [-0.2, -0.15) is 0 Å². The molecule has 0 aromatic heterocycles. The lowest BCUT2D eigenvalue weighted by Crippen LogP contribution is -2.10. The summed E-state index contributed by atoms with van der Waals surface area (Å²) >= 11 is 5.90. The number of anilines is 1. The molecule has 18 heavy (non-hydrogen) atoms. The van der Waals surface area contributed by atoms with Crippen LogP contribution in [0.25, 0.3) is 0 Å². The maximum Gasteiger partial charge on any atom is 0.0485 e. The van der Waals surface area contributed by atoms with E-state index in [0.29, 0.717) is 5.92 Å². The highest BCUT2D eigenvalue weighted by Crippen LogP contribution is 2.25. The first-order valence-corrected chi connectivity index (χ1v) is 7.78. The molecule has 0 aliphatic heterocycles. The Kier molecular flexibility index (Phi) is 5.06. The van der Waals surface area contributed by atoms with Crippen LogP contribution in [0.3, 0.4) is 0 Å². The minimum absolute atomic E-state index is 0.498. The van der Waals surface area contributed by atoms with Crippen LogP contribution in [-0.2, 0) is 0 Å². The van der Waals surface area contributed by atoms with Gasteiger partial charge in [-0.1, -0.05) is 37.3 Å². The number of hydrogen-bond donors (Lipinski definition) is 1. The van der Waals surface area contributed by atoms with Crippen molar-refractivity contribution >= 4 is 44.2 Å². The fraction of sp³-hybridized carbons (Fsp3) is 0.200. The van der Waals surface area contributed by atoms with E-state index in [4.69, 9.17) is 0 Å². The van der Waals surface area contributed by atoms with Crippen molar-refractivity contribution < 1.29 is 0 Å². The van der Waals surface area contributed by atoms with Crippen LogP contribution in [0.1, 0.15) is 18.4 Å². The summed E-state index contributed by atoms with van der Waals surface area (Å²) in [5.74, 6) is 0.498. The van der Waals surface area contributed by atoms with Gasteiger partial charge in [0.25, 0.3) is 0 Å². The second kappa shape index (κ2) is 6.57. The monoisotopic (exact) mass is 415 g/mol. The van der Waals surface area contributed by atoms with E-state index in [1.807, 2.05) is 0 Å². The van der Waals surface area contributed by atoms with E-state index < -0.39 is 0 Å². The maximum absolute atomic E-state index is 3.59. The summed E-state index contributed by atoms with van der Waals surface area (Å²) in [6, 6.07) is 16.9. The third kappa shape index (κ3) is 3.72. The quantitative estimate of drug-likeness (QED) is 0.670. The zero-order valence-corrected chi connectivity index (χ0v) is 13.9. The number of halogens is 2. The Morgan fingerprint density at radius 3 is 2.56 bits per heavy atom. The Morgan fingerprint density at radius 1 is 1.17 bits per heavy atom. The van der Waals surface area contributed by atoms with Crippen molar-refractivity contribution in [2.24, 2.45) is 0 Å². The standard InChI is InChI=1S/C15H15BrIN/c1-11(12-5-3-2-4-6-12)10-18-15-8-7-13(17)9-14(15)16/h2-9,11,18H,10H2,1H3. The molecule has 0 spiro atoms. The summed E-state index contributed by atoms with van der Waals surface area (Å²) in [6.45, 7) is 3.17. The molecular formula is C15H15BrIN. The SMILES string of the molecule is CC(CNc1ccc(I)cc1Br)c1ccccc1. The van der Waals surface area contributed by atoms with Gasteiger partial charge in [0.2, 0.25) is 0 Å². The minimum Gasteiger partial charge on any atom is -0.384 e. The second-order valence-corrected chi connectivity index (χ2v) is 6.42. The Hall–Kier alpha value is -0.550. The summed E-state index contributed by atoms with van der Waals surface area (Å²) in [4.78, 5) is 0. The number of hydrogen-bond acceptors (Lipinski definition) is 1. The molecule has 0 saturated heterocycles. The molecule has 2 aromatic rings. The van der Waals surface area contributed by atoms with Crippen molar-refractivity contribution in [3.8, 4) is 0 Å². The molecule has 3 heteroatoms. The zero-order valence-electron chi connectivity index (χ0n) is 10.2. The topological polar surface area (TPSA) is 12.0 Å². The molecule has 1 atom stereocenters. The van der Waals surface area contributed by atoms with Crippen molar-refractivity contribution in [3.63, 3.8) is 0 Å². The molecule has 0 radical (unpaired) electrons. The van der Waals surface area contributed by atoms with Crippen LogP contribution in [0.5, 0.6) is 0 Å². The van der Waals surface area contributed by atoms with Crippen molar-refractivity contribution in [2.45, 2.75) is 12.8 Å². The summed E-state index contributed by atoms with van der Waals surface area (Å²) in [7, 11) is 0. The Labute approximate surface area is 130 Å². The Bertz CT molecular complexity index is 513. The van der Waals surface area contributed by atoms with Crippen molar-refractivity contribution in [2.75, 3.05) is 11.9 Å². The van der Waals surface area contributed by atoms with Crippen molar-refractivity contribution in [1.82, 2.24) is 0 Å².